The Kier molecular flexibility index (Phi) is 24.2. The van der Waals surface area contributed by atoms with Crippen LogP contribution in [0.1, 0.15) is 138 Å². The molecule has 1 unspecified atom stereocenters. The van der Waals surface area contributed by atoms with Gasteiger partial charge >= 0.3 is 0 Å². The molecule has 2 fully saturated rings. The van der Waals surface area contributed by atoms with E-state index in [0.717, 1.165) is 39.0 Å². The molecule has 16 nitrogen and oxygen atoms in total. The van der Waals surface area contributed by atoms with Crippen LogP contribution < -0.4 is 19.9 Å². The number of nitrogens with zero attached hydrogens (tertiary/aromatic N) is 2. The fourth-order valence-electron chi connectivity index (χ4n) is 11.6. The third-order valence-electron chi connectivity index (χ3n) is 16.3. The number of ketones is 2. The smallest absolute Gasteiger partial charge is 0.240 e. The lowest BCUT2D eigenvalue weighted by molar-refractivity contribution is -0.119. The highest BCUT2D eigenvalue weighted by molar-refractivity contribution is 7.91. The molecule has 0 radical (unpaired) electrons. The summed E-state index contributed by atoms with van der Waals surface area (Å²) in [6.45, 7) is 8.86. The highest BCUT2D eigenvalue weighted by Gasteiger charge is 2.40. The van der Waals surface area contributed by atoms with Crippen molar-refractivity contribution in [3.63, 3.8) is 0 Å². The summed E-state index contributed by atoms with van der Waals surface area (Å²) >= 11 is 0. The van der Waals surface area contributed by atoms with Gasteiger partial charge in [0, 0.05) is 57.6 Å². The SMILES string of the molecule is CC(N)(CCC(=O)CCCOCCOCCCS(=O)(=O)c1ccc(O[C@H]2c3ccccc3C[C@@H]2N2CCCCC2)cc1)CCC(=O)CCCOCCOCCNS(=O)(=O)c1ccc(O[C@H]2c3ccccc3C[C@@H]2N2CCCCC2)cc1. The molecule has 4 aromatic rings. The van der Waals surface area contributed by atoms with Gasteiger partial charge in [-0.3, -0.25) is 19.4 Å². The molecule has 18 heteroatoms. The van der Waals surface area contributed by atoms with Crippen LogP contribution in [0.15, 0.2) is 107 Å². The Morgan fingerprint density at radius 2 is 0.951 bits per heavy atom. The van der Waals surface area contributed by atoms with Crippen LogP contribution in [0.25, 0.3) is 0 Å². The van der Waals surface area contributed by atoms with Crippen LogP contribution >= 0.6 is 0 Å². The molecule has 8 rings (SSSR count). The maximum Gasteiger partial charge on any atom is 0.240 e. The maximum atomic E-state index is 13.1. The number of carbonyl (C=O) groups excluding carboxylic acids is 2. The lowest BCUT2D eigenvalue weighted by atomic mass is 9.89. The fourth-order valence-corrected chi connectivity index (χ4v) is 13.9. The lowest BCUT2D eigenvalue weighted by Crippen LogP contribution is -2.43. The topological polar surface area (TPSA) is 202 Å². The molecule has 0 spiro atoms. The second-order valence-electron chi connectivity index (χ2n) is 22.6. The van der Waals surface area contributed by atoms with Crippen molar-refractivity contribution in [2.24, 2.45) is 5.73 Å². The highest BCUT2D eigenvalue weighted by Crippen LogP contribution is 2.41. The third-order valence-corrected chi connectivity index (χ3v) is 19.6. The summed E-state index contributed by atoms with van der Waals surface area (Å²) < 4.78 is 90.5. The lowest BCUT2D eigenvalue weighted by Gasteiger charge is -2.35. The molecule has 0 saturated carbocycles. The summed E-state index contributed by atoms with van der Waals surface area (Å²) in [5, 5.41) is 0. The molecule has 0 amide bonds. The van der Waals surface area contributed by atoms with Gasteiger partial charge in [-0.2, -0.15) is 0 Å². The number of piperidine rings is 2. The van der Waals surface area contributed by atoms with E-state index in [1.165, 1.54) is 60.8 Å². The van der Waals surface area contributed by atoms with Crippen molar-refractivity contribution in [1.29, 1.82) is 0 Å². The first-order chi connectivity index (χ1) is 39.2. The summed E-state index contributed by atoms with van der Waals surface area (Å²) in [6, 6.07) is 30.9. The van der Waals surface area contributed by atoms with Gasteiger partial charge in [0.05, 0.1) is 60.7 Å². The van der Waals surface area contributed by atoms with Crippen LogP contribution in [0, 0.1) is 0 Å². The zero-order valence-corrected chi connectivity index (χ0v) is 49.3. The highest BCUT2D eigenvalue weighted by atomic mass is 32.2. The van der Waals surface area contributed by atoms with E-state index in [-0.39, 0.29) is 64.6 Å². The van der Waals surface area contributed by atoms with Gasteiger partial charge in [0.1, 0.15) is 35.3 Å². The van der Waals surface area contributed by atoms with Gasteiger partial charge in [-0.1, -0.05) is 61.4 Å². The molecule has 444 valence electrons. The van der Waals surface area contributed by atoms with Crippen molar-refractivity contribution in [3.05, 3.63) is 119 Å². The standard InChI is InChI=1S/C63H88N4O12S2/c1-63(64,31-29-51(68)17-12-38-74-42-43-76-40-14-46-80(70,71)55-25-21-53(22-26-55)78-61-57-19-6-4-15-49(57)47-59(61)66-34-8-2-9-35-66)32-30-52(69)18-13-39-75-44-45-77-41-33-65-81(72,73)56-27-23-54(24-28-56)79-62-58-20-7-5-16-50(58)48-60(62)67-36-10-3-11-37-67/h4-7,15-16,19-28,59-62,65H,2-3,8-14,17-18,29-48,64H2,1H3/t59-,60-,61-,62-,63?/m0/s1. The Hall–Kier alpha value is -4.60. The molecule has 2 saturated heterocycles. The van der Waals surface area contributed by atoms with E-state index in [4.69, 9.17) is 34.2 Å². The van der Waals surface area contributed by atoms with Gasteiger partial charge in [-0.15, -0.1) is 0 Å². The van der Waals surface area contributed by atoms with Crippen molar-refractivity contribution in [2.75, 3.05) is 91.3 Å². The quantitative estimate of drug-likeness (QED) is 0.0409. The second kappa shape index (κ2) is 31.3. The number of nitrogens with two attached hydrogens (primary N) is 1. The molecule has 0 aromatic heterocycles. The largest absolute Gasteiger partial charge is 0.484 e. The number of fused-ring (bicyclic) bond motifs is 2. The normalized spacial score (nSPS) is 20.4. The van der Waals surface area contributed by atoms with Crippen LogP contribution in [-0.4, -0.2) is 147 Å². The summed E-state index contributed by atoms with van der Waals surface area (Å²) in [5.41, 5.74) is 10.9. The zero-order chi connectivity index (χ0) is 56.9. The van der Waals surface area contributed by atoms with Gasteiger partial charge in [-0.05, 0) is 175 Å². The van der Waals surface area contributed by atoms with Crippen molar-refractivity contribution in [2.45, 2.75) is 156 Å². The Balaban J connectivity index is 0.590. The Bertz CT molecular complexity index is 2610. The average molecular weight is 1160 g/mol. The first-order valence-electron chi connectivity index (χ1n) is 29.8. The molecule has 5 atom stereocenters. The van der Waals surface area contributed by atoms with E-state index in [1.807, 2.05) is 6.92 Å². The molecule has 4 aliphatic rings. The predicted octanol–water partition coefficient (Wildman–Crippen LogP) is 8.93. The van der Waals surface area contributed by atoms with Gasteiger partial charge in [0.2, 0.25) is 10.0 Å². The molecule has 0 bridgehead atoms. The molecular formula is C63H88N4O12S2. The Labute approximate surface area is 482 Å². The van der Waals surface area contributed by atoms with Crippen molar-refractivity contribution in [1.82, 2.24) is 14.5 Å². The minimum Gasteiger partial charge on any atom is -0.484 e. The Morgan fingerprint density at radius 1 is 0.531 bits per heavy atom. The molecule has 4 aromatic carbocycles. The number of benzene rings is 4. The number of likely N-dealkylation sites (tertiary alicyclic amines) is 2. The van der Waals surface area contributed by atoms with E-state index in [0.29, 0.717) is 116 Å². The molecule has 81 heavy (non-hydrogen) atoms. The molecule has 2 aliphatic carbocycles. The van der Waals surface area contributed by atoms with Crippen LogP contribution in [0.5, 0.6) is 11.5 Å². The molecule has 2 heterocycles. The van der Waals surface area contributed by atoms with E-state index >= 15 is 0 Å². The maximum absolute atomic E-state index is 13.1. The van der Waals surface area contributed by atoms with Gasteiger partial charge < -0.3 is 34.2 Å². The number of Topliss-reactive ketones (excluding diaryl/α,β-unsaturated/α-hetero) is 2. The number of hydrogen-bond acceptors (Lipinski definition) is 15. The van der Waals surface area contributed by atoms with E-state index in [9.17, 15) is 26.4 Å². The summed E-state index contributed by atoms with van der Waals surface area (Å²) in [7, 11) is -7.23. The number of carbonyl (C=O) groups is 2. The third kappa shape index (κ3) is 19.2. The minimum absolute atomic E-state index is 0.0265. The van der Waals surface area contributed by atoms with Crippen LogP contribution in [0.3, 0.4) is 0 Å². The second-order valence-corrected chi connectivity index (χ2v) is 26.5. The van der Waals surface area contributed by atoms with Crippen LogP contribution in [0.2, 0.25) is 0 Å². The van der Waals surface area contributed by atoms with Crippen molar-refractivity contribution < 1.29 is 54.8 Å². The number of hydrogen-bond donors (Lipinski definition) is 2. The number of nitrogens with one attached hydrogen (secondary N) is 1. The summed E-state index contributed by atoms with van der Waals surface area (Å²) in [6.07, 6.45) is 12.9. The van der Waals surface area contributed by atoms with E-state index in [2.05, 4.69) is 63.1 Å². The van der Waals surface area contributed by atoms with Crippen LogP contribution in [-0.2, 0) is 61.2 Å². The molecular weight excluding hydrogens is 1070 g/mol. The first kappa shape index (κ1) is 62.4. The van der Waals surface area contributed by atoms with Gasteiger partial charge in [-0.25, -0.2) is 21.6 Å². The van der Waals surface area contributed by atoms with Crippen molar-refractivity contribution >= 4 is 31.4 Å². The Morgan fingerprint density at radius 3 is 1.42 bits per heavy atom. The fraction of sp³-hybridized carbons (Fsp3) is 0.587. The number of rotatable bonds is 36. The predicted molar refractivity (Wildman–Crippen MR) is 313 cm³/mol. The van der Waals surface area contributed by atoms with E-state index in [1.54, 1.807) is 48.5 Å². The number of sulfonamides is 1. The molecule has 2 aliphatic heterocycles. The summed E-state index contributed by atoms with van der Waals surface area (Å²) in [5.74, 6) is 1.48. The zero-order valence-electron chi connectivity index (χ0n) is 47.7. The van der Waals surface area contributed by atoms with E-state index < -0.39 is 25.4 Å². The number of sulfone groups is 1. The van der Waals surface area contributed by atoms with Crippen LogP contribution in [0.4, 0.5) is 0 Å². The first-order valence-corrected chi connectivity index (χ1v) is 32.9. The van der Waals surface area contributed by atoms with Gasteiger partial charge in [0.15, 0.2) is 9.84 Å². The average Bonchev–Trinajstić information content (AvgIpc) is 4.22. The monoisotopic (exact) mass is 1160 g/mol. The number of ether oxygens (including phenoxy) is 6. The minimum atomic E-state index is -3.74. The molecule has 3 N–H and O–H groups in total. The van der Waals surface area contributed by atoms with Gasteiger partial charge in [0.25, 0.3) is 0 Å². The van der Waals surface area contributed by atoms with Crippen molar-refractivity contribution in [3.8, 4) is 11.5 Å². The summed E-state index contributed by atoms with van der Waals surface area (Å²) in [4.78, 5) is 30.7.